The van der Waals surface area contributed by atoms with Gasteiger partial charge in [-0.1, -0.05) is 81.9 Å². The number of nitrogens with one attached hydrogen (secondary N) is 1. The van der Waals surface area contributed by atoms with Crippen molar-refractivity contribution in [3.63, 3.8) is 0 Å². The molecule has 15 atom stereocenters. The van der Waals surface area contributed by atoms with Gasteiger partial charge in [-0.15, -0.1) is 57.0 Å². The number of rotatable bonds is 6. The van der Waals surface area contributed by atoms with Crippen molar-refractivity contribution in [2.45, 2.75) is 196 Å². The minimum atomic E-state index is -2.80. The van der Waals surface area contributed by atoms with Crippen LogP contribution < -0.4 is 5.32 Å². The van der Waals surface area contributed by atoms with Crippen LogP contribution >= 0.6 is 0 Å². The smallest absolute Gasteiger partial charge is 0.689 e. The Morgan fingerprint density at radius 1 is 0.557 bits per heavy atom. The van der Waals surface area contributed by atoms with Gasteiger partial charge in [0.25, 0.3) is 0 Å². The monoisotopic (exact) mass is 1080 g/mol. The van der Waals surface area contributed by atoms with Crippen LogP contribution in [0.4, 0.5) is 35.1 Å². The van der Waals surface area contributed by atoms with Gasteiger partial charge in [-0.05, 0) is 87.9 Å². The maximum Gasteiger partial charge on any atom is 8.00 e. The molecule has 6 heterocycles. The summed E-state index contributed by atoms with van der Waals surface area (Å²) in [5.74, 6) is -5.32. The first-order chi connectivity index (χ1) is 33.4. The first-order valence-corrected chi connectivity index (χ1v) is 26.8. The predicted octanol–water partition coefficient (Wildman–Crippen LogP) is 14.5. The van der Waals surface area contributed by atoms with Crippen LogP contribution in [0, 0.1) is 47.3 Å². The molecule has 0 radical (unpaired) electrons. The molecule has 6 aliphatic heterocycles. The first-order valence-electron chi connectivity index (χ1n) is 26.8. The van der Waals surface area contributed by atoms with Gasteiger partial charge in [0.2, 0.25) is 0 Å². The van der Waals surface area contributed by atoms with Gasteiger partial charge in [-0.25, -0.2) is 35.1 Å². The molecule has 0 aromatic rings. The molecule has 6 aliphatic carbocycles. The Kier molecular flexibility index (Phi) is 19.3. The Morgan fingerprint density at radius 2 is 1.17 bits per heavy atom. The van der Waals surface area contributed by atoms with Crippen molar-refractivity contribution in [3.05, 3.63) is 90.8 Å². The Balaban J connectivity index is 0.000000213. The molecule has 0 aromatic carbocycles. The fraction of sp³-hybridized carbons (Fsp3) is 0.815. The summed E-state index contributed by atoms with van der Waals surface area (Å²) in [6, 6.07) is -2.40. The molecule has 3 saturated heterocycles. The van der Waals surface area contributed by atoms with Crippen molar-refractivity contribution < 1.29 is 54.6 Å². The molecule has 12 aliphatic rings. The molecule has 0 spiro atoms. The molecule has 4 bridgehead atoms. The van der Waals surface area contributed by atoms with Gasteiger partial charge in [0.1, 0.15) is 49.4 Å². The summed E-state index contributed by atoms with van der Waals surface area (Å²) in [5.41, 5.74) is 6.07. The van der Waals surface area contributed by atoms with Gasteiger partial charge in [0.15, 0.2) is 0 Å². The standard InChI is InChI=1S/C34H47F8N3.C10H16N2.C10H12N2.Ru/c1-14-2-4-43-21(6-14)22-13-15(3-5-44-22)12-20-25(35)27(37)23(28(38)26(20)36)24-29(39)31(41)34(32(42)30(24)40)45-33-18-8-16-7-17(10-18)11-19(33)9-16;2*1-3-7-11-9(5-1)10-6-2-4-8-12-10;/h6,15-34,45H,2-5,7-13H2,1H3;1-8H2;1,4-5,8H,2-3,6-7H2;/q3*-2;+8/b;2*10-9-;/t15-,16?,17?,18?,19?,20?,21?,22-,23?,24?,25-,26+,27+,28+,29-,30+,31-,32+,33?,34?;;;/m1.../s1. The molecule has 70 heavy (non-hydrogen) atoms. The average molecular weight is 1080 g/mol. The molecule has 1 N–H and O–H groups in total. The van der Waals surface area contributed by atoms with Gasteiger partial charge < -0.3 is 37.2 Å². The summed E-state index contributed by atoms with van der Waals surface area (Å²) in [6.07, 6.45) is 6.13. The summed E-state index contributed by atoms with van der Waals surface area (Å²) in [7, 11) is 0. The zero-order valence-corrected chi connectivity index (χ0v) is 42.5. The minimum absolute atomic E-state index is 0. The van der Waals surface area contributed by atoms with Crippen LogP contribution in [0.15, 0.2) is 58.9 Å². The molecule has 9 fully saturated rings. The quantitative estimate of drug-likeness (QED) is 0.160. The van der Waals surface area contributed by atoms with E-state index < -0.39 is 73.2 Å². The summed E-state index contributed by atoms with van der Waals surface area (Å²) >= 11 is 0. The Morgan fingerprint density at radius 3 is 1.70 bits per heavy atom. The molecule has 388 valence electrons. The van der Waals surface area contributed by atoms with E-state index in [2.05, 4.69) is 55.4 Å². The van der Waals surface area contributed by atoms with E-state index in [9.17, 15) is 0 Å². The Hall–Kier alpha value is -2.16. The third kappa shape index (κ3) is 12.3. The number of alkyl halides is 8. The van der Waals surface area contributed by atoms with E-state index in [4.69, 9.17) is 0 Å². The Labute approximate surface area is 425 Å². The van der Waals surface area contributed by atoms with Crippen LogP contribution in [0.2, 0.25) is 0 Å². The maximum absolute atomic E-state index is 15.7. The number of nitrogens with zero attached hydrogens (tertiary/aromatic N) is 6. The van der Waals surface area contributed by atoms with Crippen molar-refractivity contribution in [3.8, 4) is 0 Å². The van der Waals surface area contributed by atoms with Crippen LogP contribution in [0.1, 0.15) is 122 Å². The molecule has 0 aromatic heterocycles. The number of hydrogen-bond donors (Lipinski definition) is 1. The van der Waals surface area contributed by atoms with E-state index in [0.717, 1.165) is 88.8 Å². The molecular weight excluding hydrogens is 1000 g/mol. The van der Waals surface area contributed by atoms with Crippen LogP contribution in [-0.4, -0.2) is 106 Å². The number of hydrogen-bond acceptors (Lipinski definition) is 1. The van der Waals surface area contributed by atoms with E-state index in [1.165, 1.54) is 55.5 Å². The van der Waals surface area contributed by atoms with Crippen LogP contribution in [0.5, 0.6) is 0 Å². The predicted molar refractivity (Wildman–Crippen MR) is 259 cm³/mol. The third-order valence-electron chi connectivity index (χ3n) is 17.6. The fourth-order valence-corrected chi connectivity index (χ4v) is 14.2. The number of halogens is 8. The second-order valence-corrected chi connectivity index (χ2v) is 22.3. The Bertz CT molecular complexity index is 1770. The second-order valence-electron chi connectivity index (χ2n) is 22.3. The van der Waals surface area contributed by atoms with E-state index >= 15 is 35.1 Å². The third-order valence-corrected chi connectivity index (χ3v) is 17.6. The van der Waals surface area contributed by atoms with Crippen LogP contribution in [-0.2, 0) is 19.5 Å². The average Bonchev–Trinajstić information content (AvgIpc) is 3.38. The zero-order valence-electron chi connectivity index (χ0n) is 40.8. The number of piperidine rings is 3. The normalized spacial score (nSPS) is 46.5. The summed E-state index contributed by atoms with van der Waals surface area (Å²) in [6.45, 7) is 6.12. The topological polar surface area (TPSA) is 96.6 Å². The van der Waals surface area contributed by atoms with E-state index in [1.807, 2.05) is 19.2 Å². The molecular formula is C54H75F8N7Ru+2. The molecule has 6 saturated carbocycles. The summed E-state index contributed by atoms with van der Waals surface area (Å²) < 4.78 is 125. The van der Waals surface area contributed by atoms with Gasteiger partial charge in [-0.2, -0.15) is 29.0 Å². The van der Waals surface area contributed by atoms with Crippen LogP contribution in [0.25, 0.3) is 31.9 Å². The molecule has 7 nitrogen and oxygen atoms in total. The minimum Gasteiger partial charge on any atom is -0.689 e. The second kappa shape index (κ2) is 24.9. The van der Waals surface area contributed by atoms with E-state index in [0.29, 0.717) is 37.8 Å². The van der Waals surface area contributed by atoms with E-state index in [-0.39, 0.29) is 61.8 Å². The number of allylic oxidation sites excluding steroid dienone is 5. The van der Waals surface area contributed by atoms with Crippen molar-refractivity contribution >= 4 is 0 Å². The van der Waals surface area contributed by atoms with Gasteiger partial charge in [0.05, 0.1) is 6.04 Å². The van der Waals surface area contributed by atoms with Crippen molar-refractivity contribution in [1.29, 1.82) is 0 Å². The van der Waals surface area contributed by atoms with E-state index in [1.54, 1.807) is 0 Å². The van der Waals surface area contributed by atoms with Crippen molar-refractivity contribution in [1.82, 2.24) is 5.32 Å². The van der Waals surface area contributed by atoms with Gasteiger partial charge in [0, 0.05) is 23.8 Å². The summed E-state index contributed by atoms with van der Waals surface area (Å²) in [5, 5.41) is 30.0. The zero-order chi connectivity index (χ0) is 48.2. The molecule has 12 rings (SSSR count). The van der Waals surface area contributed by atoms with Crippen LogP contribution in [0.3, 0.4) is 0 Å². The largest absolute Gasteiger partial charge is 8.00 e. The summed E-state index contributed by atoms with van der Waals surface area (Å²) in [4.78, 5) is 0. The molecule has 0 amide bonds. The maximum atomic E-state index is 15.7. The van der Waals surface area contributed by atoms with Gasteiger partial charge >= 0.3 is 19.5 Å². The van der Waals surface area contributed by atoms with Gasteiger partial charge in [-0.3, -0.25) is 0 Å². The SMILES string of the molecule is C1=C/C(=C2\CCC=C[N-]2)[N-]CC1.C1CC/C(=C2\CCCC[N-]2)[N-]C1.CC1=CC([C@H]2C[C@@H](CC3[C@@H](F)[C@@H](F)C(C4[C@@H](F)[C@@H](F)C(NC5C6CC7CC(C6)CC5C7)[C@@H](F)[C@H]4F)[C@H](F)[C@H]3F)CC[N-]2)[N-]CC1.[Ru+8]. The molecule has 16 heteroatoms. The first kappa shape index (κ1) is 54.1. The molecule has 5 unspecified atom stereocenters. The van der Waals surface area contributed by atoms with Crippen molar-refractivity contribution in [2.24, 2.45) is 47.3 Å². The van der Waals surface area contributed by atoms with Crippen molar-refractivity contribution in [2.75, 3.05) is 32.7 Å². The fourth-order valence-electron chi connectivity index (χ4n) is 14.2.